The lowest BCUT2D eigenvalue weighted by Crippen LogP contribution is -2.17. The van der Waals surface area contributed by atoms with Crippen molar-refractivity contribution in [1.82, 2.24) is 14.8 Å². The molecule has 4 nitrogen and oxygen atoms in total. The molecule has 1 aliphatic rings. The van der Waals surface area contributed by atoms with Crippen molar-refractivity contribution < 1.29 is 0 Å². The van der Waals surface area contributed by atoms with Gasteiger partial charge in [0, 0.05) is 6.54 Å². The van der Waals surface area contributed by atoms with E-state index < -0.39 is 0 Å². The van der Waals surface area contributed by atoms with E-state index in [4.69, 9.17) is 0 Å². The van der Waals surface area contributed by atoms with Gasteiger partial charge in [0.15, 0.2) is 5.82 Å². The average molecular weight is 150 g/mol. The van der Waals surface area contributed by atoms with Crippen LogP contribution < -0.4 is 0 Å². The molecule has 0 spiro atoms. The van der Waals surface area contributed by atoms with Gasteiger partial charge < -0.3 is 4.57 Å². The maximum Gasteiger partial charge on any atom is 0.177 e. The monoisotopic (exact) mass is 150 g/mol. The van der Waals surface area contributed by atoms with E-state index in [2.05, 4.69) is 22.1 Å². The van der Waals surface area contributed by atoms with Gasteiger partial charge in [0.05, 0.1) is 12.3 Å². The first kappa shape index (κ1) is 6.52. The average Bonchev–Trinajstić information content (AvgIpc) is 2.50. The summed E-state index contributed by atoms with van der Waals surface area (Å²) in [4.78, 5) is 4.35. The first-order chi connectivity index (χ1) is 5.42. The molecule has 0 saturated heterocycles. The van der Waals surface area contributed by atoms with Crippen LogP contribution in [0, 0.1) is 0 Å². The zero-order chi connectivity index (χ0) is 7.68. The molecule has 0 N–H and O–H groups in total. The highest BCUT2D eigenvalue weighted by Gasteiger charge is 2.12. The van der Waals surface area contributed by atoms with E-state index in [0.29, 0.717) is 0 Å². The van der Waals surface area contributed by atoms with Crippen LogP contribution in [0.2, 0.25) is 0 Å². The number of aliphatic imine (C=N–C) groups is 1. The number of rotatable bonds is 1. The SMILES string of the molecule is CCC1=NCCn2cnnc21. The Bertz CT molecular complexity index is 286. The zero-order valence-corrected chi connectivity index (χ0v) is 6.49. The smallest absolute Gasteiger partial charge is 0.177 e. The highest BCUT2D eigenvalue weighted by atomic mass is 15.3. The summed E-state index contributed by atoms with van der Waals surface area (Å²) in [7, 11) is 0. The van der Waals surface area contributed by atoms with Gasteiger partial charge in [-0.1, -0.05) is 6.92 Å². The zero-order valence-electron chi connectivity index (χ0n) is 6.49. The maximum atomic E-state index is 4.35. The standard InChI is InChI=1S/C7H10N4/c1-2-6-7-10-9-5-11(7)4-3-8-6/h5H,2-4H2,1H3. The molecule has 1 aliphatic heterocycles. The molecule has 0 aromatic carbocycles. The third-order valence-corrected chi connectivity index (χ3v) is 1.85. The highest BCUT2D eigenvalue weighted by molar-refractivity contribution is 5.97. The molecule has 1 aromatic heterocycles. The number of hydrogen-bond donors (Lipinski definition) is 0. The minimum absolute atomic E-state index is 0.869. The molecule has 0 atom stereocenters. The first-order valence-electron chi connectivity index (χ1n) is 3.83. The Morgan fingerprint density at radius 2 is 2.55 bits per heavy atom. The Hall–Kier alpha value is -1.19. The predicted octanol–water partition coefficient (Wildman–Crippen LogP) is 0.491. The summed E-state index contributed by atoms with van der Waals surface area (Å²) in [6.07, 6.45) is 2.71. The first-order valence-corrected chi connectivity index (χ1v) is 3.83. The van der Waals surface area contributed by atoms with Gasteiger partial charge in [-0.3, -0.25) is 4.99 Å². The summed E-state index contributed by atoms with van der Waals surface area (Å²) < 4.78 is 2.05. The summed E-state index contributed by atoms with van der Waals surface area (Å²) in [5, 5.41) is 7.83. The van der Waals surface area contributed by atoms with Crippen molar-refractivity contribution in [3.05, 3.63) is 12.2 Å². The second-order valence-corrected chi connectivity index (χ2v) is 2.53. The molecule has 4 heteroatoms. The molecule has 0 amide bonds. The Kier molecular flexibility index (Phi) is 1.45. The molecular formula is C7H10N4. The Balaban J connectivity index is 2.45. The van der Waals surface area contributed by atoms with E-state index in [9.17, 15) is 0 Å². The number of hydrogen-bond acceptors (Lipinski definition) is 3. The minimum atomic E-state index is 0.869. The van der Waals surface area contributed by atoms with Crippen molar-refractivity contribution >= 4 is 5.71 Å². The Morgan fingerprint density at radius 3 is 3.36 bits per heavy atom. The van der Waals surface area contributed by atoms with E-state index in [1.807, 2.05) is 4.57 Å². The molecule has 0 fully saturated rings. The van der Waals surface area contributed by atoms with Gasteiger partial charge in [0.1, 0.15) is 6.33 Å². The molecule has 0 radical (unpaired) electrons. The van der Waals surface area contributed by atoms with Crippen molar-refractivity contribution in [3.8, 4) is 0 Å². The van der Waals surface area contributed by atoms with Crippen LogP contribution in [-0.2, 0) is 6.54 Å². The van der Waals surface area contributed by atoms with Gasteiger partial charge in [-0.15, -0.1) is 10.2 Å². The Morgan fingerprint density at radius 1 is 1.64 bits per heavy atom. The van der Waals surface area contributed by atoms with E-state index in [0.717, 1.165) is 31.0 Å². The fraction of sp³-hybridized carbons (Fsp3) is 0.571. The summed E-state index contributed by atoms with van der Waals surface area (Å²) in [5.74, 6) is 0.943. The van der Waals surface area contributed by atoms with Crippen LogP contribution in [0.4, 0.5) is 0 Å². The molecule has 0 saturated carbocycles. The van der Waals surface area contributed by atoms with Gasteiger partial charge in [0.25, 0.3) is 0 Å². The second kappa shape index (κ2) is 2.45. The van der Waals surface area contributed by atoms with E-state index in [-0.39, 0.29) is 0 Å². The van der Waals surface area contributed by atoms with Gasteiger partial charge in [-0.05, 0) is 6.42 Å². The lowest BCUT2D eigenvalue weighted by molar-refractivity contribution is 0.677. The van der Waals surface area contributed by atoms with Crippen LogP contribution in [0.1, 0.15) is 19.2 Å². The van der Waals surface area contributed by atoms with Crippen LogP contribution in [0.5, 0.6) is 0 Å². The van der Waals surface area contributed by atoms with Crippen molar-refractivity contribution in [2.45, 2.75) is 19.9 Å². The molecule has 0 aliphatic carbocycles. The van der Waals surface area contributed by atoms with Crippen LogP contribution in [0.25, 0.3) is 0 Å². The van der Waals surface area contributed by atoms with Crippen molar-refractivity contribution in [2.75, 3.05) is 6.54 Å². The normalized spacial score (nSPS) is 15.9. The lowest BCUT2D eigenvalue weighted by atomic mass is 10.2. The summed E-state index contributed by atoms with van der Waals surface area (Å²) in [6.45, 7) is 3.88. The molecule has 0 unspecified atom stereocenters. The molecule has 11 heavy (non-hydrogen) atoms. The third kappa shape index (κ3) is 0.943. The molecule has 1 aromatic rings. The van der Waals surface area contributed by atoms with Gasteiger partial charge in [-0.2, -0.15) is 0 Å². The van der Waals surface area contributed by atoms with Crippen molar-refractivity contribution in [3.63, 3.8) is 0 Å². The maximum absolute atomic E-state index is 4.35. The van der Waals surface area contributed by atoms with Crippen molar-refractivity contribution in [1.29, 1.82) is 0 Å². The molecule has 0 bridgehead atoms. The molecule has 2 rings (SSSR count). The van der Waals surface area contributed by atoms with Crippen LogP contribution in [0.15, 0.2) is 11.3 Å². The predicted molar refractivity (Wildman–Crippen MR) is 41.7 cm³/mol. The summed E-state index contributed by atoms with van der Waals surface area (Å²) in [5.41, 5.74) is 1.08. The van der Waals surface area contributed by atoms with Crippen molar-refractivity contribution in [2.24, 2.45) is 4.99 Å². The van der Waals surface area contributed by atoms with Crippen LogP contribution >= 0.6 is 0 Å². The van der Waals surface area contributed by atoms with Gasteiger partial charge >= 0.3 is 0 Å². The minimum Gasteiger partial charge on any atom is -0.311 e. The quantitative estimate of drug-likeness (QED) is 0.584. The number of aromatic nitrogens is 3. The lowest BCUT2D eigenvalue weighted by Gasteiger charge is -2.11. The van der Waals surface area contributed by atoms with Gasteiger partial charge in [0.2, 0.25) is 0 Å². The van der Waals surface area contributed by atoms with E-state index in [1.165, 1.54) is 0 Å². The topological polar surface area (TPSA) is 43.1 Å². The molecule has 58 valence electrons. The van der Waals surface area contributed by atoms with Crippen LogP contribution in [-0.4, -0.2) is 27.0 Å². The van der Waals surface area contributed by atoms with E-state index in [1.54, 1.807) is 6.33 Å². The fourth-order valence-electron chi connectivity index (χ4n) is 1.28. The largest absolute Gasteiger partial charge is 0.311 e. The summed E-state index contributed by atoms with van der Waals surface area (Å²) in [6, 6.07) is 0. The number of nitrogens with zero attached hydrogens (tertiary/aromatic N) is 4. The molecule has 2 heterocycles. The second-order valence-electron chi connectivity index (χ2n) is 2.53. The number of fused-ring (bicyclic) bond motifs is 1. The molecular weight excluding hydrogens is 140 g/mol. The van der Waals surface area contributed by atoms with Crippen LogP contribution in [0.3, 0.4) is 0 Å². The fourth-order valence-corrected chi connectivity index (χ4v) is 1.28. The van der Waals surface area contributed by atoms with E-state index >= 15 is 0 Å². The third-order valence-electron chi connectivity index (χ3n) is 1.85. The van der Waals surface area contributed by atoms with Gasteiger partial charge in [-0.25, -0.2) is 0 Å². The Labute approximate surface area is 65.0 Å². The summed E-state index contributed by atoms with van der Waals surface area (Å²) >= 11 is 0. The highest BCUT2D eigenvalue weighted by Crippen LogP contribution is 2.06.